The highest BCUT2D eigenvalue weighted by atomic mass is 32.1. The second kappa shape index (κ2) is 5.86. The number of para-hydroxylation sites is 1. The topological polar surface area (TPSA) is 83.6 Å². The Morgan fingerprint density at radius 1 is 1.21 bits per heavy atom. The fourth-order valence-electron chi connectivity index (χ4n) is 2.41. The lowest BCUT2D eigenvalue weighted by molar-refractivity contribution is 0.102. The first kappa shape index (κ1) is 14.5. The number of hydrogen-bond acceptors (Lipinski definition) is 5. The van der Waals surface area contributed by atoms with Crippen LogP contribution in [-0.2, 0) is 0 Å². The lowest BCUT2D eigenvalue weighted by Gasteiger charge is -2.00. The normalized spacial score (nSPS) is 10.9. The third-order valence-electron chi connectivity index (χ3n) is 3.60. The van der Waals surface area contributed by atoms with E-state index >= 15 is 0 Å². The first-order valence-corrected chi connectivity index (χ1v) is 8.21. The van der Waals surface area contributed by atoms with Crippen molar-refractivity contribution in [2.75, 3.05) is 5.32 Å². The van der Waals surface area contributed by atoms with Crippen LogP contribution in [0.3, 0.4) is 0 Å². The molecule has 0 aliphatic rings. The highest BCUT2D eigenvalue weighted by Gasteiger charge is 2.13. The number of aromatic nitrogens is 4. The minimum absolute atomic E-state index is 0.268. The van der Waals surface area contributed by atoms with Gasteiger partial charge in [-0.15, -0.1) is 11.3 Å². The van der Waals surface area contributed by atoms with E-state index in [1.54, 1.807) is 6.20 Å². The monoisotopic (exact) mass is 335 g/mol. The zero-order valence-corrected chi connectivity index (χ0v) is 13.6. The Kier molecular flexibility index (Phi) is 3.55. The maximum atomic E-state index is 12.2. The fraction of sp³-hybridized carbons (Fsp3) is 0.0588. The molecule has 2 N–H and O–H groups in total. The number of nitrogens with one attached hydrogen (secondary N) is 2. The summed E-state index contributed by atoms with van der Waals surface area (Å²) in [6.07, 6.45) is 4.95. The molecule has 7 heteroatoms. The number of aryl methyl sites for hydroxylation is 1. The Labute approximate surface area is 141 Å². The number of benzene rings is 1. The molecule has 0 unspecified atom stereocenters. The molecule has 24 heavy (non-hydrogen) atoms. The number of carbonyl (C=O) groups is 1. The van der Waals surface area contributed by atoms with E-state index in [0.29, 0.717) is 5.13 Å². The van der Waals surface area contributed by atoms with Crippen molar-refractivity contribution in [1.29, 1.82) is 0 Å². The molecule has 0 bridgehead atoms. The van der Waals surface area contributed by atoms with Gasteiger partial charge in [0.05, 0.1) is 17.6 Å². The maximum Gasteiger partial charge on any atom is 0.277 e. The van der Waals surface area contributed by atoms with Crippen LogP contribution < -0.4 is 5.32 Å². The summed E-state index contributed by atoms with van der Waals surface area (Å²) in [5.41, 5.74) is 3.92. The Morgan fingerprint density at radius 2 is 2.08 bits per heavy atom. The van der Waals surface area contributed by atoms with Crippen LogP contribution in [0.15, 0.2) is 48.2 Å². The summed E-state index contributed by atoms with van der Waals surface area (Å²) >= 11 is 1.38. The number of carbonyl (C=O) groups excluding carboxylic acids is 1. The second-order valence-corrected chi connectivity index (χ2v) is 6.14. The van der Waals surface area contributed by atoms with Crippen LogP contribution in [0.25, 0.3) is 22.2 Å². The van der Waals surface area contributed by atoms with Crippen molar-refractivity contribution in [1.82, 2.24) is 19.9 Å². The third kappa shape index (κ3) is 2.65. The van der Waals surface area contributed by atoms with Gasteiger partial charge in [-0.2, -0.15) is 0 Å². The van der Waals surface area contributed by atoms with Gasteiger partial charge in [-0.3, -0.25) is 15.1 Å². The van der Waals surface area contributed by atoms with Crippen molar-refractivity contribution >= 4 is 33.3 Å². The van der Waals surface area contributed by atoms with Crippen molar-refractivity contribution < 1.29 is 4.79 Å². The number of thiazole rings is 1. The van der Waals surface area contributed by atoms with Crippen molar-refractivity contribution in [3.63, 3.8) is 0 Å². The van der Waals surface area contributed by atoms with E-state index in [4.69, 9.17) is 0 Å². The van der Waals surface area contributed by atoms with Gasteiger partial charge in [-0.05, 0) is 13.0 Å². The minimum atomic E-state index is -0.317. The summed E-state index contributed by atoms with van der Waals surface area (Å²) < 4.78 is 0. The lowest BCUT2D eigenvalue weighted by atomic mass is 10.1. The molecular formula is C17H13N5OS. The molecule has 4 rings (SSSR count). The highest BCUT2D eigenvalue weighted by Crippen LogP contribution is 2.30. The van der Waals surface area contributed by atoms with Crippen LogP contribution >= 0.6 is 11.3 Å². The molecule has 118 valence electrons. The lowest BCUT2D eigenvalue weighted by Crippen LogP contribution is -2.13. The zero-order chi connectivity index (χ0) is 16.5. The molecule has 0 saturated heterocycles. The molecule has 3 aromatic heterocycles. The number of rotatable bonds is 3. The number of amides is 1. The number of anilines is 1. The van der Waals surface area contributed by atoms with Crippen LogP contribution in [0.1, 0.15) is 16.2 Å². The van der Waals surface area contributed by atoms with Gasteiger partial charge in [0.1, 0.15) is 5.69 Å². The van der Waals surface area contributed by atoms with Crippen LogP contribution in [0.4, 0.5) is 5.13 Å². The van der Waals surface area contributed by atoms with Gasteiger partial charge in [0.25, 0.3) is 5.91 Å². The minimum Gasteiger partial charge on any atom is -0.360 e. The number of hydrogen-bond donors (Lipinski definition) is 2. The molecule has 0 atom stereocenters. The molecule has 0 saturated carbocycles. The molecule has 0 fully saturated rings. The summed E-state index contributed by atoms with van der Waals surface area (Å²) in [6, 6.07) is 8.04. The van der Waals surface area contributed by atoms with E-state index in [0.717, 1.165) is 27.9 Å². The van der Waals surface area contributed by atoms with Crippen molar-refractivity contribution in [2.45, 2.75) is 6.92 Å². The first-order valence-electron chi connectivity index (χ1n) is 7.33. The Balaban J connectivity index is 1.59. The Morgan fingerprint density at radius 3 is 2.92 bits per heavy atom. The van der Waals surface area contributed by atoms with Gasteiger partial charge in [0, 0.05) is 34.2 Å². The average Bonchev–Trinajstić information content (AvgIpc) is 3.22. The van der Waals surface area contributed by atoms with Gasteiger partial charge in [0.2, 0.25) is 0 Å². The van der Waals surface area contributed by atoms with E-state index < -0.39 is 0 Å². The van der Waals surface area contributed by atoms with Gasteiger partial charge in [0.15, 0.2) is 5.13 Å². The summed E-state index contributed by atoms with van der Waals surface area (Å²) in [4.78, 5) is 28.1. The van der Waals surface area contributed by atoms with E-state index in [9.17, 15) is 4.79 Å². The molecule has 1 aromatic carbocycles. The standard InChI is InChI=1S/C17H13N5OS/c1-10-6-19-14(8-18-10)16(23)22-17-21-15(9-24-17)12-7-20-13-5-3-2-4-11(12)13/h2-9,20H,1H3,(H,21,22,23). The summed E-state index contributed by atoms with van der Waals surface area (Å²) in [5.74, 6) is -0.317. The molecule has 0 aliphatic heterocycles. The largest absolute Gasteiger partial charge is 0.360 e. The predicted molar refractivity (Wildman–Crippen MR) is 94.1 cm³/mol. The van der Waals surface area contributed by atoms with Crippen LogP contribution in [-0.4, -0.2) is 25.8 Å². The summed E-state index contributed by atoms with van der Waals surface area (Å²) in [7, 11) is 0. The Bertz CT molecular complexity index is 1020. The fourth-order valence-corrected chi connectivity index (χ4v) is 3.11. The maximum absolute atomic E-state index is 12.2. The molecule has 0 aliphatic carbocycles. The van der Waals surface area contributed by atoms with Crippen LogP contribution in [0.5, 0.6) is 0 Å². The molecule has 1 amide bonds. The summed E-state index contributed by atoms with van der Waals surface area (Å²) in [6.45, 7) is 1.82. The van der Waals surface area contributed by atoms with E-state index in [2.05, 4.69) is 25.3 Å². The highest BCUT2D eigenvalue weighted by molar-refractivity contribution is 7.14. The second-order valence-electron chi connectivity index (χ2n) is 5.28. The van der Waals surface area contributed by atoms with Crippen molar-refractivity contribution in [2.24, 2.45) is 0 Å². The molecule has 4 aromatic rings. The first-order chi connectivity index (χ1) is 11.7. The Hall–Kier alpha value is -3.06. The number of nitrogens with zero attached hydrogens (tertiary/aromatic N) is 3. The summed E-state index contributed by atoms with van der Waals surface area (Å²) in [5, 5.41) is 6.32. The molecule has 0 radical (unpaired) electrons. The van der Waals surface area contributed by atoms with Gasteiger partial charge in [-0.25, -0.2) is 9.97 Å². The molecular weight excluding hydrogens is 322 g/mol. The van der Waals surface area contributed by atoms with E-state index in [1.165, 1.54) is 17.5 Å². The van der Waals surface area contributed by atoms with Crippen molar-refractivity contribution in [3.05, 3.63) is 59.6 Å². The smallest absolute Gasteiger partial charge is 0.277 e. The van der Waals surface area contributed by atoms with E-state index in [-0.39, 0.29) is 11.6 Å². The number of H-pyrrole nitrogens is 1. The predicted octanol–water partition coefficient (Wildman–Crippen LogP) is 3.64. The number of fused-ring (bicyclic) bond motifs is 1. The number of aromatic amines is 1. The van der Waals surface area contributed by atoms with E-state index in [1.807, 2.05) is 42.8 Å². The van der Waals surface area contributed by atoms with Crippen molar-refractivity contribution in [3.8, 4) is 11.3 Å². The molecule has 0 spiro atoms. The van der Waals surface area contributed by atoms with Gasteiger partial charge in [-0.1, -0.05) is 18.2 Å². The molecule has 3 heterocycles. The SMILES string of the molecule is Cc1cnc(C(=O)Nc2nc(-c3c[nH]c4ccccc34)cs2)cn1. The molecule has 6 nitrogen and oxygen atoms in total. The average molecular weight is 335 g/mol. The van der Waals surface area contributed by atoms with Gasteiger partial charge < -0.3 is 4.98 Å². The van der Waals surface area contributed by atoms with Crippen LogP contribution in [0, 0.1) is 6.92 Å². The van der Waals surface area contributed by atoms with Gasteiger partial charge >= 0.3 is 0 Å². The van der Waals surface area contributed by atoms with Crippen LogP contribution in [0.2, 0.25) is 0 Å². The quantitative estimate of drug-likeness (QED) is 0.599. The zero-order valence-electron chi connectivity index (χ0n) is 12.8. The third-order valence-corrected chi connectivity index (χ3v) is 4.36.